The maximum atomic E-state index is 13.8. The number of ether oxygens (including phenoxy) is 2. The first kappa shape index (κ1) is 35.3. The second-order valence-corrected chi connectivity index (χ2v) is 12.5. The third-order valence-electron chi connectivity index (χ3n) is 7.55. The molecule has 0 saturated carbocycles. The number of anilines is 3. The SMILES string of the molecule is COc1cc(NC(=O)C(Sc2cccc(NC(=O)/C(=C\c3ccc(N(C)C)cc3)NC(=O)c3ccccc3)c2)c2ccccc2)cc(OC)c1. The first-order valence-corrected chi connectivity index (χ1v) is 16.6. The number of hydrogen-bond acceptors (Lipinski definition) is 7. The van der Waals surface area contributed by atoms with E-state index < -0.39 is 17.1 Å². The predicted molar refractivity (Wildman–Crippen MR) is 201 cm³/mol. The minimum absolute atomic E-state index is 0.0739. The summed E-state index contributed by atoms with van der Waals surface area (Å²) in [6, 6.07) is 38.2. The number of nitrogens with zero attached hydrogens (tertiary/aromatic N) is 1. The van der Waals surface area contributed by atoms with E-state index in [2.05, 4.69) is 16.0 Å². The van der Waals surface area contributed by atoms with Gasteiger partial charge in [-0.2, -0.15) is 0 Å². The summed E-state index contributed by atoms with van der Waals surface area (Å²) in [4.78, 5) is 43.4. The van der Waals surface area contributed by atoms with Gasteiger partial charge in [-0.15, -0.1) is 11.8 Å². The Morgan fingerprint density at radius 2 is 1.34 bits per heavy atom. The Labute approximate surface area is 296 Å². The van der Waals surface area contributed by atoms with Gasteiger partial charge in [0.15, 0.2) is 0 Å². The quantitative estimate of drug-likeness (QED) is 0.0863. The van der Waals surface area contributed by atoms with Crippen molar-refractivity contribution in [1.29, 1.82) is 0 Å². The van der Waals surface area contributed by atoms with E-state index in [0.717, 1.165) is 21.7 Å². The largest absolute Gasteiger partial charge is 0.497 e. The highest BCUT2D eigenvalue weighted by atomic mass is 32.2. The molecule has 9 nitrogen and oxygen atoms in total. The van der Waals surface area contributed by atoms with Gasteiger partial charge in [-0.1, -0.05) is 66.7 Å². The van der Waals surface area contributed by atoms with Crippen LogP contribution in [0.4, 0.5) is 17.1 Å². The molecule has 5 aromatic carbocycles. The van der Waals surface area contributed by atoms with Crippen LogP contribution >= 0.6 is 11.8 Å². The zero-order valence-electron chi connectivity index (χ0n) is 28.2. The number of thioether (sulfide) groups is 1. The Balaban J connectivity index is 1.38. The summed E-state index contributed by atoms with van der Waals surface area (Å²) in [6.07, 6.45) is 1.64. The zero-order valence-corrected chi connectivity index (χ0v) is 29.0. The molecule has 0 aliphatic rings. The molecule has 0 heterocycles. The van der Waals surface area contributed by atoms with E-state index in [-0.39, 0.29) is 11.6 Å². The highest BCUT2D eigenvalue weighted by Gasteiger charge is 2.23. The number of benzene rings is 5. The van der Waals surface area contributed by atoms with Crippen LogP contribution in [0.5, 0.6) is 11.5 Å². The highest BCUT2D eigenvalue weighted by Crippen LogP contribution is 2.38. The summed E-state index contributed by atoms with van der Waals surface area (Å²) in [7, 11) is 6.99. The maximum Gasteiger partial charge on any atom is 0.272 e. The van der Waals surface area contributed by atoms with E-state index in [0.29, 0.717) is 28.4 Å². The average Bonchev–Trinajstić information content (AvgIpc) is 3.14. The molecule has 1 atom stereocenters. The van der Waals surface area contributed by atoms with Crippen molar-refractivity contribution < 1.29 is 23.9 Å². The van der Waals surface area contributed by atoms with E-state index in [1.54, 1.807) is 81.0 Å². The molecule has 0 aromatic heterocycles. The van der Waals surface area contributed by atoms with Crippen molar-refractivity contribution in [3.63, 3.8) is 0 Å². The molecule has 0 bridgehead atoms. The molecule has 0 fully saturated rings. The van der Waals surface area contributed by atoms with Crippen molar-refractivity contribution in [2.24, 2.45) is 0 Å². The van der Waals surface area contributed by atoms with E-state index in [4.69, 9.17) is 9.47 Å². The fourth-order valence-corrected chi connectivity index (χ4v) is 6.03. The van der Waals surface area contributed by atoms with Crippen molar-refractivity contribution in [3.8, 4) is 11.5 Å². The van der Waals surface area contributed by atoms with Crippen LogP contribution in [0.1, 0.15) is 26.7 Å². The van der Waals surface area contributed by atoms with Crippen molar-refractivity contribution >= 4 is 52.6 Å². The van der Waals surface area contributed by atoms with Gasteiger partial charge in [0.05, 0.1) is 14.2 Å². The number of carbonyl (C=O) groups is 3. The molecule has 5 aromatic rings. The van der Waals surface area contributed by atoms with Crippen LogP contribution in [0.15, 0.2) is 138 Å². The molecule has 3 N–H and O–H groups in total. The summed E-state index contributed by atoms with van der Waals surface area (Å²) in [6.45, 7) is 0. The molecular formula is C40H38N4O5S. The van der Waals surface area contributed by atoms with Gasteiger partial charge in [-0.05, 0) is 59.7 Å². The zero-order chi connectivity index (χ0) is 35.5. The molecule has 10 heteroatoms. The predicted octanol–water partition coefficient (Wildman–Crippen LogP) is 7.65. The maximum absolute atomic E-state index is 13.8. The number of rotatable bonds is 13. The van der Waals surface area contributed by atoms with Crippen LogP contribution in [-0.2, 0) is 9.59 Å². The molecule has 0 radical (unpaired) electrons. The first-order valence-electron chi connectivity index (χ1n) is 15.7. The summed E-state index contributed by atoms with van der Waals surface area (Å²) < 4.78 is 10.7. The topological polar surface area (TPSA) is 109 Å². The van der Waals surface area contributed by atoms with Crippen molar-refractivity contribution in [2.75, 3.05) is 43.8 Å². The molecule has 50 heavy (non-hydrogen) atoms. The van der Waals surface area contributed by atoms with Gasteiger partial charge in [0, 0.05) is 59.8 Å². The highest BCUT2D eigenvalue weighted by molar-refractivity contribution is 8.00. The van der Waals surface area contributed by atoms with E-state index in [1.807, 2.05) is 85.7 Å². The van der Waals surface area contributed by atoms with Crippen molar-refractivity contribution in [3.05, 3.63) is 150 Å². The van der Waals surface area contributed by atoms with Crippen LogP contribution in [0.2, 0.25) is 0 Å². The smallest absolute Gasteiger partial charge is 0.272 e. The molecule has 0 aliphatic carbocycles. The molecule has 0 spiro atoms. The van der Waals surface area contributed by atoms with Gasteiger partial charge < -0.3 is 30.3 Å². The lowest BCUT2D eigenvalue weighted by Gasteiger charge is -2.18. The molecule has 254 valence electrons. The number of hydrogen-bond donors (Lipinski definition) is 3. The van der Waals surface area contributed by atoms with Crippen molar-refractivity contribution in [1.82, 2.24) is 5.32 Å². The lowest BCUT2D eigenvalue weighted by Crippen LogP contribution is -2.30. The lowest BCUT2D eigenvalue weighted by atomic mass is 10.1. The number of methoxy groups -OCH3 is 2. The molecule has 1 unspecified atom stereocenters. The fraction of sp³-hybridized carbons (Fsp3) is 0.125. The number of amides is 3. The molecule has 3 amide bonds. The third kappa shape index (κ3) is 9.55. The van der Waals surface area contributed by atoms with Crippen molar-refractivity contribution in [2.45, 2.75) is 10.1 Å². The summed E-state index contributed by atoms with van der Waals surface area (Å²) >= 11 is 1.34. The monoisotopic (exact) mass is 686 g/mol. The van der Waals surface area contributed by atoms with Crippen LogP contribution in [0.25, 0.3) is 6.08 Å². The van der Waals surface area contributed by atoms with Crippen LogP contribution in [-0.4, -0.2) is 46.0 Å². The number of nitrogens with one attached hydrogen (secondary N) is 3. The third-order valence-corrected chi connectivity index (χ3v) is 8.80. The Morgan fingerprint density at radius 1 is 0.700 bits per heavy atom. The van der Waals surface area contributed by atoms with E-state index >= 15 is 0 Å². The minimum atomic E-state index is -0.634. The Kier molecular flexibility index (Phi) is 11.9. The second-order valence-electron chi connectivity index (χ2n) is 11.3. The van der Waals surface area contributed by atoms with Gasteiger partial charge in [-0.25, -0.2) is 0 Å². The Hall–Kier alpha value is -6.00. The van der Waals surface area contributed by atoms with E-state index in [9.17, 15) is 14.4 Å². The van der Waals surface area contributed by atoms with Gasteiger partial charge in [0.1, 0.15) is 22.4 Å². The molecular weight excluding hydrogens is 649 g/mol. The molecule has 0 aliphatic heterocycles. The second kappa shape index (κ2) is 16.9. The molecule has 0 saturated heterocycles. The van der Waals surface area contributed by atoms with Gasteiger partial charge in [0.25, 0.3) is 11.8 Å². The summed E-state index contributed by atoms with van der Waals surface area (Å²) in [5.74, 6) is -0.0685. The first-order chi connectivity index (χ1) is 24.2. The molecule has 5 rings (SSSR count). The lowest BCUT2D eigenvalue weighted by molar-refractivity contribution is -0.116. The van der Waals surface area contributed by atoms with Gasteiger partial charge >= 0.3 is 0 Å². The van der Waals surface area contributed by atoms with Gasteiger partial charge in [-0.3, -0.25) is 14.4 Å². The van der Waals surface area contributed by atoms with Gasteiger partial charge in [0.2, 0.25) is 5.91 Å². The summed E-state index contributed by atoms with van der Waals surface area (Å²) in [5.41, 5.74) is 4.06. The normalized spacial score (nSPS) is 11.6. The van der Waals surface area contributed by atoms with Crippen LogP contribution in [0, 0.1) is 0 Å². The van der Waals surface area contributed by atoms with E-state index in [1.165, 1.54) is 11.8 Å². The van der Waals surface area contributed by atoms with Crippen LogP contribution in [0.3, 0.4) is 0 Å². The van der Waals surface area contributed by atoms with Crippen LogP contribution < -0.4 is 30.3 Å². The summed E-state index contributed by atoms with van der Waals surface area (Å²) in [5, 5.41) is 8.07. The minimum Gasteiger partial charge on any atom is -0.497 e. The fourth-order valence-electron chi connectivity index (χ4n) is 4.95. The number of carbonyl (C=O) groups excluding carboxylic acids is 3. The standard InChI is InChI=1S/C40H38N4O5S/c1-44(2)32-20-18-27(19-21-32)22-36(43-38(45)29-14-9-6-10-15-29)39(46)41-30-16-11-17-35(25-30)50-37(28-12-7-5-8-13-28)40(47)42-31-23-33(48-3)26-34(24-31)49-4/h5-26,37H,1-4H3,(H,41,46)(H,42,47)(H,43,45)/b36-22+. The average molecular weight is 687 g/mol. The Bertz CT molecular complexity index is 1940. The Morgan fingerprint density at radius 3 is 1.96 bits per heavy atom.